The van der Waals surface area contributed by atoms with Crippen LogP contribution in [0.25, 0.3) is 0 Å². The molecule has 20 heavy (non-hydrogen) atoms. The minimum atomic E-state index is 0.0247. The Labute approximate surface area is 121 Å². The second kappa shape index (κ2) is 10.0. The maximum atomic E-state index is 11.6. The number of hydrogen-bond donors (Lipinski definition) is 2. The van der Waals surface area contributed by atoms with E-state index in [0.29, 0.717) is 25.9 Å². The van der Waals surface area contributed by atoms with E-state index < -0.39 is 0 Å². The molecule has 0 aromatic heterocycles. The summed E-state index contributed by atoms with van der Waals surface area (Å²) >= 11 is 0. The lowest BCUT2D eigenvalue weighted by Gasteiger charge is -2.07. The molecule has 0 spiro atoms. The van der Waals surface area contributed by atoms with E-state index in [4.69, 9.17) is 0 Å². The number of amides is 2. The first-order chi connectivity index (χ1) is 9.72. The quantitative estimate of drug-likeness (QED) is 0.678. The van der Waals surface area contributed by atoms with E-state index >= 15 is 0 Å². The molecule has 1 rings (SSSR count). The number of aryl methyl sites for hydroxylation is 1. The second-order valence-electron chi connectivity index (χ2n) is 4.79. The molecule has 0 aliphatic rings. The molecular formula is C16H24N2O2. The van der Waals surface area contributed by atoms with Gasteiger partial charge in [0, 0.05) is 25.9 Å². The van der Waals surface area contributed by atoms with Gasteiger partial charge in [-0.05, 0) is 18.4 Å². The summed E-state index contributed by atoms with van der Waals surface area (Å²) in [6.45, 7) is 3.05. The highest BCUT2D eigenvalue weighted by Crippen LogP contribution is 2.01. The van der Waals surface area contributed by atoms with Crippen molar-refractivity contribution in [2.24, 2.45) is 0 Å². The Bertz CT molecular complexity index is 404. The molecule has 0 unspecified atom stereocenters. The first kappa shape index (κ1) is 16.2. The zero-order valence-electron chi connectivity index (χ0n) is 12.2. The van der Waals surface area contributed by atoms with Crippen molar-refractivity contribution < 1.29 is 9.59 Å². The number of benzene rings is 1. The molecule has 0 radical (unpaired) electrons. The third-order valence-corrected chi connectivity index (χ3v) is 3.01. The SMILES string of the molecule is CCCCC(=O)NCCNC(=O)CCc1ccccc1. The van der Waals surface area contributed by atoms with Crippen LogP contribution in [0.5, 0.6) is 0 Å². The summed E-state index contributed by atoms with van der Waals surface area (Å²) < 4.78 is 0. The lowest BCUT2D eigenvalue weighted by Crippen LogP contribution is -2.34. The summed E-state index contributed by atoms with van der Waals surface area (Å²) in [7, 11) is 0. The molecule has 0 saturated carbocycles. The summed E-state index contributed by atoms with van der Waals surface area (Å²) in [5.41, 5.74) is 1.16. The van der Waals surface area contributed by atoms with Crippen LogP contribution in [-0.2, 0) is 16.0 Å². The Kier molecular flexibility index (Phi) is 8.11. The van der Waals surface area contributed by atoms with Crippen molar-refractivity contribution in [2.75, 3.05) is 13.1 Å². The maximum Gasteiger partial charge on any atom is 0.220 e. The van der Waals surface area contributed by atoms with Gasteiger partial charge in [-0.3, -0.25) is 9.59 Å². The first-order valence-electron chi connectivity index (χ1n) is 7.29. The van der Waals surface area contributed by atoms with Crippen molar-refractivity contribution >= 4 is 11.8 Å². The summed E-state index contributed by atoms with van der Waals surface area (Å²) in [5.74, 6) is 0.0852. The van der Waals surface area contributed by atoms with Gasteiger partial charge in [-0.25, -0.2) is 0 Å². The highest BCUT2D eigenvalue weighted by Gasteiger charge is 2.02. The largest absolute Gasteiger partial charge is 0.354 e. The van der Waals surface area contributed by atoms with Crippen molar-refractivity contribution in [1.29, 1.82) is 0 Å². The normalized spacial score (nSPS) is 10.1. The van der Waals surface area contributed by atoms with Crippen LogP contribution in [0.2, 0.25) is 0 Å². The number of hydrogen-bond acceptors (Lipinski definition) is 2. The Hall–Kier alpha value is -1.84. The van der Waals surface area contributed by atoms with Gasteiger partial charge in [0.05, 0.1) is 0 Å². The molecule has 0 heterocycles. The van der Waals surface area contributed by atoms with Gasteiger partial charge >= 0.3 is 0 Å². The van der Waals surface area contributed by atoms with Crippen LogP contribution >= 0.6 is 0 Å². The third-order valence-electron chi connectivity index (χ3n) is 3.01. The Morgan fingerprint density at radius 3 is 2.15 bits per heavy atom. The van der Waals surface area contributed by atoms with Gasteiger partial charge in [-0.1, -0.05) is 43.7 Å². The van der Waals surface area contributed by atoms with Gasteiger partial charge in [0.2, 0.25) is 11.8 Å². The Balaban J connectivity index is 2.04. The third kappa shape index (κ3) is 7.56. The Morgan fingerprint density at radius 2 is 1.55 bits per heavy atom. The van der Waals surface area contributed by atoms with Crippen LogP contribution in [0.4, 0.5) is 0 Å². The fraction of sp³-hybridized carbons (Fsp3) is 0.500. The van der Waals surface area contributed by atoms with E-state index in [2.05, 4.69) is 17.6 Å². The average Bonchev–Trinajstić information content (AvgIpc) is 2.48. The summed E-state index contributed by atoms with van der Waals surface area (Å²) in [6.07, 6.45) is 3.72. The van der Waals surface area contributed by atoms with Gasteiger partial charge in [-0.15, -0.1) is 0 Å². The van der Waals surface area contributed by atoms with E-state index in [0.717, 1.165) is 24.8 Å². The van der Waals surface area contributed by atoms with Gasteiger partial charge in [0.15, 0.2) is 0 Å². The van der Waals surface area contributed by atoms with Gasteiger partial charge in [0.25, 0.3) is 0 Å². The van der Waals surface area contributed by atoms with Crippen LogP contribution in [0.15, 0.2) is 30.3 Å². The fourth-order valence-electron chi connectivity index (χ4n) is 1.82. The molecule has 2 amide bonds. The van der Waals surface area contributed by atoms with Crippen molar-refractivity contribution in [3.05, 3.63) is 35.9 Å². The van der Waals surface area contributed by atoms with Gasteiger partial charge in [0.1, 0.15) is 0 Å². The predicted molar refractivity (Wildman–Crippen MR) is 80.3 cm³/mol. The second-order valence-corrected chi connectivity index (χ2v) is 4.79. The minimum Gasteiger partial charge on any atom is -0.354 e. The van der Waals surface area contributed by atoms with Crippen LogP contribution in [0, 0.1) is 0 Å². The number of carbonyl (C=O) groups excluding carboxylic acids is 2. The molecule has 0 aliphatic heterocycles. The maximum absolute atomic E-state index is 11.6. The number of nitrogens with one attached hydrogen (secondary N) is 2. The molecule has 0 aliphatic carbocycles. The van der Waals surface area contributed by atoms with E-state index in [9.17, 15) is 9.59 Å². The summed E-state index contributed by atoms with van der Waals surface area (Å²) in [4.78, 5) is 22.9. The molecule has 0 saturated heterocycles. The summed E-state index contributed by atoms with van der Waals surface area (Å²) in [6, 6.07) is 9.94. The molecule has 2 N–H and O–H groups in total. The molecule has 1 aromatic carbocycles. The number of rotatable bonds is 9. The van der Waals surface area contributed by atoms with Crippen molar-refractivity contribution in [3.8, 4) is 0 Å². The molecule has 0 bridgehead atoms. The fourth-order valence-corrected chi connectivity index (χ4v) is 1.82. The van der Waals surface area contributed by atoms with Crippen LogP contribution < -0.4 is 10.6 Å². The standard InChI is InChI=1S/C16H24N2O2/c1-2-3-9-15(19)17-12-13-18-16(20)11-10-14-7-5-4-6-8-14/h4-8H,2-3,9-13H2,1H3,(H,17,19)(H,18,20). The number of unbranched alkanes of at least 4 members (excludes halogenated alkanes) is 1. The van der Waals surface area contributed by atoms with Crippen LogP contribution in [-0.4, -0.2) is 24.9 Å². The van der Waals surface area contributed by atoms with E-state index in [-0.39, 0.29) is 11.8 Å². The molecule has 110 valence electrons. The highest BCUT2D eigenvalue weighted by molar-refractivity contribution is 5.77. The zero-order valence-corrected chi connectivity index (χ0v) is 12.2. The highest BCUT2D eigenvalue weighted by atomic mass is 16.2. The van der Waals surface area contributed by atoms with E-state index in [1.807, 2.05) is 30.3 Å². The number of carbonyl (C=O) groups is 2. The van der Waals surface area contributed by atoms with Crippen molar-refractivity contribution in [3.63, 3.8) is 0 Å². The molecule has 0 atom stereocenters. The van der Waals surface area contributed by atoms with Crippen molar-refractivity contribution in [1.82, 2.24) is 10.6 Å². The summed E-state index contributed by atoms with van der Waals surface area (Å²) in [5, 5.41) is 5.60. The molecule has 0 fully saturated rings. The van der Waals surface area contributed by atoms with Gasteiger partial charge < -0.3 is 10.6 Å². The smallest absolute Gasteiger partial charge is 0.220 e. The zero-order chi connectivity index (χ0) is 14.6. The lowest BCUT2D eigenvalue weighted by molar-refractivity contribution is -0.122. The molecule has 4 heteroatoms. The topological polar surface area (TPSA) is 58.2 Å². The van der Waals surface area contributed by atoms with Gasteiger partial charge in [-0.2, -0.15) is 0 Å². The van der Waals surface area contributed by atoms with E-state index in [1.165, 1.54) is 0 Å². The predicted octanol–water partition coefficient (Wildman–Crippen LogP) is 2.04. The first-order valence-corrected chi connectivity index (χ1v) is 7.29. The van der Waals surface area contributed by atoms with Crippen LogP contribution in [0.1, 0.15) is 38.2 Å². The monoisotopic (exact) mass is 276 g/mol. The molecular weight excluding hydrogens is 252 g/mol. The average molecular weight is 276 g/mol. The molecule has 4 nitrogen and oxygen atoms in total. The Morgan fingerprint density at radius 1 is 0.950 bits per heavy atom. The molecule has 1 aromatic rings. The van der Waals surface area contributed by atoms with Crippen LogP contribution in [0.3, 0.4) is 0 Å². The van der Waals surface area contributed by atoms with Crippen molar-refractivity contribution in [2.45, 2.75) is 39.0 Å². The lowest BCUT2D eigenvalue weighted by atomic mass is 10.1. The van der Waals surface area contributed by atoms with E-state index in [1.54, 1.807) is 0 Å². The minimum absolute atomic E-state index is 0.0247.